The SMILES string of the molecule is CCOC(=O)N1CCN(S(=O)(=O)c2ccc(F)c(C(=O)Nc3ccccc3Cl)c2)CC1. The minimum Gasteiger partial charge on any atom is -0.450 e. The predicted octanol–water partition coefficient (Wildman–Crippen LogP) is 3.19. The molecule has 1 aliphatic rings. The molecule has 1 heterocycles. The molecule has 2 aromatic carbocycles. The molecule has 0 atom stereocenters. The number of rotatable bonds is 5. The van der Waals surface area contributed by atoms with E-state index < -0.39 is 33.4 Å². The van der Waals surface area contributed by atoms with Gasteiger partial charge in [-0.3, -0.25) is 4.79 Å². The zero-order valence-electron chi connectivity index (χ0n) is 16.7. The summed E-state index contributed by atoms with van der Waals surface area (Å²) in [5, 5.41) is 2.74. The van der Waals surface area contributed by atoms with E-state index >= 15 is 0 Å². The van der Waals surface area contributed by atoms with Crippen LogP contribution in [0.2, 0.25) is 5.02 Å². The molecule has 1 aliphatic heterocycles. The number of hydrogen-bond acceptors (Lipinski definition) is 5. The van der Waals surface area contributed by atoms with Crippen molar-refractivity contribution >= 4 is 39.3 Å². The average molecular weight is 470 g/mol. The maximum Gasteiger partial charge on any atom is 0.409 e. The lowest BCUT2D eigenvalue weighted by molar-refractivity contribution is 0.0933. The number of carbonyl (C=O) groups is 2. The van der Waals surface area contributed by atoms with E-state index in [9.17, 15) is 22.4 Å². The molecule has 1 fully saturated rings. The molecule has 11 heteroatoms. The first-order valence-electron chi connectivity index (χ1n) is 9.51. The highest BCUT2D eigenvalue weighted by Crippen LogP contribution is 2.24. The summed E-state index contributed by atoms with van der Waals surface area (Å²) in [5.74, 6) is -1.69. The van der Waals surface area contributed by atoms with E-state index in [1.54, 1.807) is 31.2 Å². The smallest absolute Gasteiger partial charge is 0.409 e. The van der Waals surface area contributed by atoms with Crippen molar-refractivity contribution in [3.63, 3.8) is 0 Å². The molecule has 0 aromatic heterocycles. The van der Waals surface area contributed by atoms with E-state index in [2.05, 4.69) is 5.32 Å². The maximum absolute atomic E-state index is 14.3. The monoisotopic (exact) mass is 469 g/mol. The van der Waals surface area contributed by atoms with Crippen LogP contribution in [0.4, 0.5) is 14.9 Å². The molecule has 1 saturated heterocycles. The number of amides is 2. The largest absolute Gasteiger partial charge is 0.450 e. The highest BCUT2D eigenvalue weighted by atomic mass is 35.5. The van der Waals surface area contributed by atoms with E-state index in [4.69, 9.17) is 16.3 Å². The van der Waals surface area contributed by atoms with Crippen molar-refractivity contribution < 1.29 is 27.1 Å². The molecule has 0 bridgehead atoms. The van der Waals surface area contributed by atoms with E-state index in [0.717, 1.165) is 18.2 Å². The lowest BCUT2D eigenvalue weighted by Gasteiger charge is -2.33. The Hall–Kier alpha value is -2.69. The van der Waals surface area contributed by atoms with Crippen LogP contribution in [0, 0.1) is 5.82 Å². The fourth-order valence-corrected chi connectivity index (χ4v) is 4.70. The third-order valence-electron chi connectivity index (χ3n) is 4.71. The van der Waals surface area contributed by atoms with Gasteiger partial charge < -0.3 is 15.0 Å². The first-order chi connectivity index (χ1) is 14.7. The topological polar surface area (TPSA) is 96.0 Å². The van der Waals surface area contributed by atoms with Crippen LogP contribution < -0.4 is 5.32 Å². The molecule has 1 N–H and O–H groups in total. The third-order valence-corrected chi connectivity index (χ3v) is 6.93. The molecule has 2 amide bonds. The highest BCUT2D eigenvalue weighted by Gasteiger charge is 2.31. The molecule has 2 aromatic rings. The number of halogens is 2. The molecule has 166 valence electrons. The van der Waals surface area contributed by atoms with Gasteiger partial charge in [-0.05, 0) is 37.3 Å². The van der Waals surface area contributed by atoms with Crippen LogP contribution in [0.3, 0.4) is 0 Å². The number of ether oxygens (including phenoxy) is 1. The third kappa shape index (κ3) is 5.15. The van der Waals surface area contributed by atoms with Crippen molar-refractivity contribution in [1.82, 2.24) is 9.21 Å². The Labute approximate surface area is 184 Å². The van der Waals surface area contributed by atoms with Crippen LogP contribution in [0.1, 0.15) is 17.3 Å². The van der Waals surface area contributed by atoms with Gasteiger partial charge >= 0.3 is 6.09 Å². The number of hydrogen-bond donors (Lipinski definition) is 1. The zero-order valence-corrected chi connectivity index (χ0v) is 18.2. The van der Waals surface area contributed by atoms with Gasteiger partial charge in [0.05, 0.1) is 27.8 Å². The van der Waals surface area contributed by atoms with Crippen LogP contribution in [0.15, 0.2) is 47.4 Å². The first-order valence-corrected chi connectivity index (χ1v) is 11.3. The summed E-state index contributed by atoms with van der Waals surface area (Å²) >= 11 is 6.01. The molecular formula is C20H21ClFN3O5S. The second kappa shape index (κ2) is 9.63. The van der Waals surface area contributed by atoms with Gasteiger partial charge in [-0.1, -0.05) is 23.7 Å². The summed E-state index contributed by atoms with van der Waals surface area (Å²) in [4.78, 5) is 25.5. The molecule has 0 saturated carbocycles. The normalized spacial score (nSPS) is 14.9. The summed E-state index contributed by atoms with van der Waals surface area (Å²) in [6.07, 6.45) is -0.500. The van der Waals surface area contributed by atoms with Crippen molar-refractivity contribution in [2.75, 3.05) is 38.1 Å². The molecule has 0 unspecified atom stereocenters. The Balaban J connectivity index is 1.78. The Morgan fingerprint density at radius 3 is 2.45 bits per heavy atom. The quantitative estimate of drug-likeness (QED) is 0.725. The average Bonchev–Trinajstić information content (AvgIpc) is 2.75. The zero-order chi connectivity index (χ0) is 22.6. The van der Waals surface area contributed by atoms with Crippen molar-refractivity contribution in [3.8, 4) is 0 Å². The van der Waals surface area contributed by atoms with Gasteiger partial charge in [-0.2, -0.15) is 4.31 Å². The van der Waals surface area contributed by atoms with Gasteiger partial charge in [0, 0.05) is 26.2 Å². The fourth-order valence-electron chi connectivity index (χ4n) is 3.07. The maximum atomic E-state index is 14.3. The second-order valence-corrected chi connectivity index (χ2v) is 9.01. The number of nitrogens with one attached hydrogen (secondary N) is 1. The number of anilines is 1. The summed E-state index contributed by atoms with van der Waals surface area (Å²) in [5.41, 5.74) is -0.150. The predicted molar refractivity (Wildman–Crippen MR) is 113 cm³/mol. The van der Waals surface area contributed by atoms with Gasteiger partial charge in [-0.25, -0.2) is 17.6 Å². The van der Waals surface area contributed by atoms with E-state index in [0.29, 0.717) is 0 Å². The number of nitrogens with zero attached hydrogens (tertiary/aromatic N) is 2. The van der Waals surface area contributed by atoms with E-state index in [-0.39, 0.29) is 48.4 Å². The van der Waals surface area contributed by atoms with Crippen LogP contribution in [0.25, 0.3) is 0 Å². The number of para-hydroxylation sites is 1. The van der Waals surface area contributed by atoms with E-state index in [1.165, 1.54) is 9.21 Å². The molecule has 8 nitrogen and oxygen atoms in total. The van der Waals surface area contributed by atoms with Crippen molar-refractivity contribution in [1.29, 1.82) is 0 Å². The summed E-state index contributed by atoms with van der Waals surface area (Å²) in [6.45, 7) is 2.36. The van der Waals surface area contributed by atoms with Crippen LogP contribution >= 0.6 is 11.6 Å². The molecule has 3 rings (SSSR count). The molecular weight excluding hydrogens is 449 g/mol. The molecule has 31 heavy (non-hydrogen) atoms. The van der Waals surface area contributed by atoms with Gasteiger partial charge in [0.25, 0.3) is 5.91 Å². The van der Waals surface area contributed by atoms with Gasteiger partial charge in [0.2, 0.25) is 10.0 Å². The molecule has 0 aliphatic carbocycles. The minimum absolute atomic E-state index is 0.0552. The fraction of sp³-hybridized carbons (Fsp3) is 0.300. The lowest BCUT2D eigenvalue weighted by atomic mass is 10.2. The van der Waals surface area contributed by atoms with E-state index in [1.807, 2.05) is 0 Å². The Morgan fingerprint density at radius 2 is 1.81 bits per heavy atom. The molecule has 0 spiro atoms. The first kappa shape index (κ1) is 23.0. The van der Waals surface area contributed by atoms with Crippen LogP contribution in [0.5, 0.6) is 0 Å². The number of benzene rings is 2. The molecule has 0 radical (unpaired) electrons. The summed E-state index contributed by atoms with van der Waals surface area (Å²) in [7, 11) is -4.00. The Morgan fingerprint density at radius 1 is 1.13 bits per heavy atom. The standard InChI is InChI=1S/C20H21ClFN3O5S/c1-2-30-20(27)24-9-11-25(12-10-24)31(28,29)14-7-8-17(22)15(13-14)19(26)23-18-6-4-3-5-16(18)21/h3-8,13H,2,9-12H2,1H3,(H,23,26). The minimum atomic E-state index is -4.00. The highest BCUT2D eigenvalue weighted by molar-refractivity contribution is 7.89. The number of carbonyl (C=O) groups excluding carboxylic acids is 2. The Kier molecular flexibility index (Phi) is 7.14. The number of sulfonamides is 1. The Bertz CT molecular complexity index is 1090. The van der Waals surface area contributed by atoms with Crippen molar-refractivity contribution in [2.45, 2.75) is 11.8 Å². The number of piperazine rings is 1. The lowest BCUT2D eigenvalue weighted by Crippen LogP contribution is -2.50. The summed E-state index contributed by atoms with van der Waals surface area (Å²) in [6, 6.07) is 9.46. The van der Waals surface area contributed by atoms with Gasteiger partial charge in [0.1, 0.15) is 5.82 Å². The van der Waals surface area contributed by atoms with Crippen molar-refractivity contribution in [3.05, 3.63) is 58.9 Å². The van der Waals surface area contributed by atoms with Gasteiger partial charge in [-0.15, -0.1) is 0 Å². The van der Waals surface area contributed by atoms with Crippen LogP contribution in [-0.2, 0) is 14.8 Å². The van der Waals surface area contributed by atoms with Crippen LogP contribution in [-0.4, -0.2) is 62.4 Å². The second-order valence-electron chi connectivity index (χ2n) is 6.67. The van der Waals surface area contributed by atoms with Gasteiger partial charge in [0.15, 0.2) is 0 Å². The summed E-state index contributed by atoms with van der Waals surface area (Å²) < 4.78 is 46.4. The van der Waals surface area contributed by atoms with Crippen molar-refractivity contribution in [2.24, 2.45) is 0 Å².